The van der Waals surface area contributed by atoms with Gasteiger partial charge in [0, 0.05) is 0 Å². The molecule has 1 heterocycles. The molecule has 0 saturated carbocycles. The van der Waals surface area contributed by atoms with Crippen molar-refractivity contribution in [3.05, 3.63) is 42.8 Å². The molecule has 0 saturated heterocycles. The van der Waals surface area contributed by atoms with Crippen LogP contribution in [0.2, 0.25) is 0 Å². The average Bonchev–Trinajstić information content (AvgIpc) is 2.53. The zero-order valence-corrected chi connectivity index (χ0v) is 10.7. The molecule has 0 aliphatic heterocycles. The Bertz CT molecular complexity index is 439. The SMILES string of the molecule is Cc1c[se]c(=Nc2ccccc2)[se]1. The van der Waals surface area contributed by atoms with Crippen LogP contribution in [0.1, 0.15) is 4.44 Å². The maximum atomic E-state index is 4.63. The summed E-state index contributed by atoms with van der Waals surface area (Å²) in [7, 11) is 0. The number of hydrogen-bond acceptors (Lipinski definition) is 1. The van der Waals surface area contributed by atoms with E-state index in [1.54, 1.807) is 0 Å². The van der Waals surface area contributed by atoms with E-state index >= 15 is 0 Å². The summed E-state index contributed by atoms with van der Waals surface area (Å²) in [4.78, 5) is 6.97. The molecular formula is C10H9NSe2. The van der Waals surface area contributed by atoms with Crippen molar-refractivity contribution in [2.24, 2.45) is 4.99 Å². The van der Waals surface area contributed by atoms with Crippen molar-refractivity contribution in [2.45, 2.75) is 6.92 Å². The molecule has 1 aromatic heterocycles. The van der Waals surface area contributed by atoms with Crippen LogP contribution in [-0.4, -0.2) is 29.0 Å². The molecule has 0 spiro atoms. The zero-order chi connectivity index (χ0) is 9.10. The molecule has 0 aliphatic carbocycles. The monoisotopic (exact) mass is 303 g/mol. The first-order valence-corrected chi connectivity index (χ1v) is 7.55. The molecule has 0 bridgehead atoms. The number of benzene rings is 1. The summed E-state index contributed by atoms with van der Waals surface area (Å²) in [6, 6.07) is 10.2. The van der Waals surface area contributed by atoms with E-state index in [-0.39, 0.29) is 0 Å². The molecule has 0 amide bonds. The zero-order valence-electron chi connectivity index (χ0n) is 7.23. The second-order valence-corrected chi connectivity index (χ2v) is 8.36. The summed E-state index contributed by atoms with van der Waals surface area (Å²) in [5.74, 6) is 0. The molecule has 0 fully saturated rings. The molecule has 3 heteroatoms. The third kappa shape index (κ3) is 2.55. The minimum atomic E-state index is 0.528. The van der Waals surface area contributed by atoms with Gasteiger partial charge in [0.1, 0.15) is 0 Å². The van der Waals surface area contributed by atoms with Crippen molar-refractivity contribution in [3.8, 4) is 0 Å². The first-order valence-electron chi connectivity index (χ1n) is 3.99. The number of para-hydroxylation sites is 1. The number of nitrogens with zero attached hydrogens (tertiary/aromatic N) is 1. The Labute approximate surface area is 89.3 Å². The van der Waals surface area contributed by atoms with Gasteiger partial charge in [-0.2, -0.15) is 0 Å². The van der Waals surface area contributed by atoms with E-state index in [4.69, 9.17) is 0 Å². The van der Waals surface area contributed by atoms with Crippen LogP contribution >= 0.6 is 0 Å². The van der Waals surface area contributed by atoms with E-state index in [2.05, 4.69) is 29.0 Å². The second kappa shape index (κ2) is 4.25. The van der Waals surface area contributed by atoms with E-state index in [0.717, 1.165) is 5.69 Å². The quantitative estimate of drug-likeness (QED) is 0.705. The Balaban J connectivity index is 2.42. The van der Waals surface area contributed by atoms with Gasteiger partial charge in [0.25, 0.3) is 0 Å². The molecule has 0 N–H and O–H groups in total. The predicted octanol–water partition coefficient (Wildman–Crippen LogP) is 1.34. The Hall–Kier alpha value is -0.331. The molecule has 13 heavy (non-hydrogen) atoms. The van der Waals surface area contributed by atoms with Crippen molar-refractivity contribution in [1.82, 2.24) is 0 Å². The van der Waals surface area contributed by atoms with Crippen LogP contribution in [0.5, 0.6) is 0 Å². The topological polar surface area (TPSA) is 12.4 Å². The fourth-order valence-corrected chi connectivity index (χ4v) is 6.50. The molecule has 1 nitrogen and oxygen atoms in total. The van der Waals surface area contributed by atoms with Crippen LogP contribution in [0.4, 0.5) is 5.69 Å². The van der Waals surface area contributed by atoms with Crippen molar-refractivity contribution in [3.63, 3.8) is 0 Å². The summed E-state index contributed by atoms with van der Waals surface area (Å²) in [5.41, 5.74) is 1.10. The third-order valence-corrected chi connectivity index (χ3v) is 7.35. The fraction of sp³-hybridized carbons (Fsp3) is 0.100. The Morgan fingerprint density at radius 2 is 1.92 bits per heavy atom. The molecule has 0 radical (unpaired) electrons. The van der Waals surface area contributed by atoms with E-state index < -0.39 is 0 Å². The van der Waals surface area contributed by atoms with E-state index in [9.17, 15) is 0 Å². The summed E-state index contributed by atoms with van der Waals surface area (Å²) in [6.07, 6.45) is 0. The average molecular weight is 301 g/mol. The van der Waals surface area contributed by atoms with Crippen LogP contribution in [0, 0.1) is 6.92 Å². The molecule has 2 rings (SSSR count). The van der Waals surface area contributed by atoms with Gasteiger partial charge in [-0.05, 0) is 0 Å². The predicted molar refractivity (Wildman–Crippen MR) is 56.7 cm³/mol. The first kappa shape index (κ1) is 9.23. The van der Waals surface area contributed by atoms with Crippen LogP contribution in [0.3, 0.4) is 0 Å². The van der Waals surface area contributed by atoms with Gasteiger partial charge in [-0.1, -0.05) is 0 Å². The van der Waals surface area contributed by atoms with Gasteiger partial charge in [-0.25, -0.2) is 0 Å². The molecule has 66 valence electrons. The molecule has 1 aromatic carbocycles. The Morgan fingerprint density at radius 1 is 1.15 bits per heavy atom. The standard InChI is InChI=1S/C10H9NSe2/c1-8-7-12-10(13-8)11-9-5-3-2-4-6-9/h2-7H,1H3. The minimum absolute atomic E-state index is 0.528. The van der Waals surface area contributed by atoms with Crippen LogP contribution in [0.15, 0.2) is 40.3 Å². The van der Waals surface area contributed by atoms with Gasteiger partial charge in [0.15, 0.2) is 0 Å². The Kier molecular flexibility index (Phi) is 3.02. The van der Waals surface area contributed by atoms with E-state index in [1.807, 2.05) is 18.2 Å². The van der Waals surface area contributed by atoms with Crippen molar-refractivity contribution in [1.29, 1.82) is 0 Å². The number of aryl methyl sites for hydroxylation is 1. The number of hydrogen-bond donors (Lipinski definition) is 0. The molecule has 0 aliphatic rings. The summed E-state index contributed by atoms with van der Waals surface area (Å²) < 4.78 is 2.94. The summed E-state index contributed by atoms with van der Waals surface area (Å²) >= 11 is 1.07. The summed E-state index contributed by atoms with van der Waals surface area (Å²) in [5, 5.41) is 0. The van der Waals surface area contributed by atoms with Crippen LogP contribution < -0.4 is 3.11 Å². The third-order valence-electron chi connectivity index (χ3n) is 1.55. The van der Waals surface area contributed by atoms with Gasteiger partial charge < -0.3 is 0 Å². The maximum absolute atomic E-state index is 4.63. The van der Waals surface area contributed by atoms with E-state index in [1.165, 1.54) is 7.54 Å². The van der Waals surface area contributed by atoms with Gasteiger partial charge >= 0.3 is 89.4 Å². The van der Waals surface area contributed by atoms with E-state index in [0.29, 0.717) is 29.0 Å². The van der Waals surface area contributed by atoms with Crippen molar-refractivity contribution < 1.29 is 0 Å². The first-order chi connectivity index (χ1) is 6.34. The molecular weight excluding hydrogens is 292 g/mol. The Morgan fingerprint density at radius 3 is 2.54 bits per heavy atom. The van der Waals surface area contributed by atoms with Gasteiger partial charge in [0.2, 0.25) is 0 Å². The fourth-order valence-electron chi connectivity index (χ4n) is 0.976. The van der Waals surface area contributed by atoms with Crippen LogP contribution in [-0.2, 0) is 0 Å². The van der Waals surface area contributed by atoms with Gasteiger partial charge in [-0.15, -0.1) is 0 Å². The number of rotatable bonds is 1. The van der Waals surface area contributed by atoms with Crippen molar-refractivity contribution in [2.75, 3.05) is 0 Å². The van der Waals surface area contributed by atoms with Gasteiger partial charge in [-0.3, -0.25) is 0 Å². The van der Waals surface area contributed by atoms with Crippen LogP contribution in [0.25, 0.3) is 0 Å². The van der Waals surface area contributed by atoms with Crippen molar-refractivity contribution >= 4 is 34.7 Å². The second-order valence-electron chi connectivity index (χ2n) is 2.66. The molecule has 0 atom stereocenters. The molecule has 2 aromatic rings. The van der Waals surface area contributed by atoms with Gasteiger partial charge in [0.05, 0.1) is 0 Å². The summed E-state index contributed by atoms with van der Waals surface area (Å²) in [6.45, 7) is 2.20. The molecule has 0 unspecified atom stereocenters. The normalized spacial score (nSPS) is 11.9.